The van der Waals surface area contributed by atoms with E-state index >= 15 is 0 Å². The maximum atomic E-state index is 12.5. The number of benzene rings is 1. The van der Waals surface area contributed by atoms with Crippen molar-refractivity contribution in [2.75, 3.05) is 11.9 Å². The van der Waals surface area contributed by atoms with Gasteiger partial charge in [0.05, 0.1) is 0 Å². The summed E-state index contributed by atoms with van der Waals surface area (Å²) in [6, 6.07) is 5.94. The van der Waals surface area contributed by atoms with Crippen molar-refractivity contribution in [3.8, 4) is 0 Å². The molecule has 118 valence electrons. The van der Waals surface area contributed by atoms with Crippen molar-refractivity contribution < 1.29 is 9.59 Å². The maximum absolute atomic E-state index is 12.5. The highest BCUT2D eigenvalue weighted by Crippen LogP contribution is 2.24. The molecular formula is C17H23N3O2. The minimum atomic E-state index is -0.0351. The quantitative estimate of drug-likeness (QED) is 0.778. The van der Waals surface area contributed by atoms with Crippen molar-refractivity contribution in [2.24, 2.45) is 5.92 Å². The van der Waals surface area contributed by atoms with Gasteiger partial charge in [-0.25, -0.2) is 0 Å². The molecule has 2 aliphatic heterocycles. The summed E-state index contributed by atoms with van der Waals surface area (Å²) >= 11 is 0. The Morgan fingerprint density at radius 1 is 1.27 bits per heavy atom. The van der Waals surface area contributed by atoms with Gasteiger partial charge in [-0.15, -0.1) is 0 Å². The molecule has 5 heteroatoms. The largest absolute Gasteiger partial charge is 0.347 e. The highest BCUT2D eigenvalue weighted by Gasteiger charge is 2.29. The molecule has 3 unspecified atom stereocenters. The van der Waals surface area contributed by atoms with Gasteiger partial charge in [-0.05, 0) is 56.0 Å². The lowest BCUT2D eigenvalue weighted by Crippen LogP contribution is -2.55. The van der Waals surface area contributed by atoms with Crippen molar-refractivity contribution in [1.29, 1.82) is 0 Å². The molecule has 3 atom stereocenters. The Kier molecular flexibility index (Phi) is 4.16. The van der Waals surface area contributed by atoms with Crippen LogP contribution < -0.4 is 16.0 Å². The maximum Gasteiger partial charge on any atom is 0.251 e. The molecule has 2 aliphatic rings. The number of carbonyl (C=O) groups is 2. The second-order valence-corrected chi connectivity index (χ2v) is 6.43. The van der Waals surface area contributed by atoms with Gasteiger partial charge >= 0.3 is 0 Å². The van der Waals surface area contributed by atoms with Crippen molar-refractivity contribution >= 4 is 17.5 Å². The molecule has 0 aliphatic carbocycles. The number of hydrogen-bond acceptors (Lipinski definition) is 3. The third-order valence-electron chi connectivity index (χ3n) is 4.78. The molecule has 22 heavy (non-hydrogen) atoms. The van der Waals surface area contributed by atoms with Crippen LogP contribution in [0.25, 0.3) is 0 Å². The Balaban J connectivity index is 1.74. The Labute approximate surface area is 130 Å². The zero-order valence-corrected chi connectivity index (χ0v) is 13.1. The summed E-state index contributed by atoms with van der Waals surface area (Å²) < 4.78 is 0. The van der Waals surface area contributed by atoms with Gasteiger partial charge in [-0.2, -0.15) is 0 Å². The molecular weight excluding hydrogens is 278 g/mol. The van der Waals surface area contributed by atoms with Crippen molar-refractivity contribution in [3.63, 3.8) is 0 Å². The SMILES string of the molecule is CC1CCNC(C)C1NC(=O)c1ccc2c(c1)CCC(=O)N2. The van der Waals surface area contributed by atoms with E-state index < -0.39 is 0 Å². The predicted octanol–water partition coefficient (Wildman–Crippen LogP) is 1.69. The monoisotopic (exact) mass is 301 g/mol. The van der Waals surface area contributed by atoms with E-state index in [2.05, 4.69) is 29.8 Å². The summed E-state index contributed by atoms with van der Waals surface area (Å²) in [5.74, 6) is 0.477. The van der Waals surface area contributed by atoms with Crippen LogP contribution in [-0.2, 0) is 11.2 Å². The highest BCUT2D eigenvalue weighted by molar-refractivity contribution is 5.98. The molecule has 0 spiro atoms. The molecule has 2 amide bonds. The van der Waals surface area contributed by atoms with E-state index in [0.29, 0.717) is 24.3 Å². The van der Waals surface area contributed by atoms with E-state index in [0.717, 1.165) is 24.2 Å². The fourth-order valence-corrected chi connectivity index (χ4v) is 3.36. The molecule has 1 fully saturated rings. The van der Waals surface area contributed by atoms with E-state index in [4.69, 9.17) is 0 Å². The number of nitrogens with one attached hydrogen (secondary N) is 3. The van der Waals surface area contributed by atoms with Crippen LogP contribution in [-0.4, -0.2) is 30.4 Å². The summed E-state index contributed by atoms with van der Waals surface area (Å²) in [4.78, 5) is 23.9. The average molecular weight is 301 g/mol. The summed E-state index contributed by atoms with van der Waals surface area (Å²) in [5, 5.41) is 9.41. The predicted molar refractivity (Wildman–Crippen MR) is 85.9 cm³/mol. The first-order valence-corrected chi connectivity index (χ1v) is 8.01. The van der Waals surface area contributed by atoms with Crippen LogP contribution in [0.3, 0.4) is 0 Å². The topological polar surface area (TPSA) is 70.2 Å². The van der Waals surface area contributed by atoms with E-state index in [1.54, 1.807) is 6.07 Å². The fraction of sp³-hybridized carbons (Fsp3) is 0.529. The van der Waals surface area contributed by atoms with Crippen LogP contribution in [0.4, 0.5) is 5.69 Å². The molecule has 3 rings (SSSR count). The van der Waals surface area contributed by atoms with Crippen LogP contribution >= 0.6 is 0 Å². The van der Waals surface area contributed by atoms with E-state index in [1.807, 2.05) is 12.1 Å². The van der Waals surface area contributed by atoms with Crippen LogP contribution in [0.15, 0.2) is 18.2 Å². The number of hydrogen-bond donors (Lipinski definition) is 3. The zero-order chi connectivity index (χ0) is 15.7. The minimum Gasteiger partial charge on any atom is -0.347 e. The number of piperidine rings is 1. The van der Waals surface area contributed by atoms with Crippen LogP contribution in [0.1, 0.15) is 42.6 Å². The number of carbonyl (C=O) groups excluding carboxylic acids is 2. The first kappa shape index (κ1) is 15.0. The number of amides is 2. The van der Waals surface area contributed by atoms with Crippen molar-refractivity contribution in [3.05, 3.63) is 29.3 Å². The van der Waals surface area contributed by atoms with Crippen LogP contribution in [0.5, 0.6) is 0 Å². The van der Waals surface area contributed by atoms with Crippen LogP contribution in [0.2, 0.25) is 0 Å². The second-order valence-electron chi connectivity index (χ2n) is 6.43. The van der Waals surface area contributed by atoms with Crippen molar-refractivity contribution in [1.82, 2.24) is 10.6 Å². The summed E-state index contributed by atoms with van der Waals surface area (Å²) in [7, 11) is 0. The molecule has 0 aromatic heterocycles. The van der Waals surface area contributed by atoms with Gasteiger partial charge in [0.25, 0.3) is 5.91 Å². The Bertz CT molecular complexity index is 590. The number of fused-ring (bicyclic) bond motifs is 1. The first-order valence-electron chi connectivity index (χ1n) is 8.01. The molecule has 0 radical (unpaired) electrons. The van der Waals surface area contributed by atoms with Gasteiger partial charge in [0.2, 0.25) is 5.91 Å². The molecule has 0 saturated carbocycles. The molecule has 1 aromatic carbocycles. The summed E-state index contributed by atoms with van der Waals surface area (Å²) in [6.45, 7) is 5.31. The Hall–Kier alpha value is -1.88. The van der Waals surface area contributed by atoms with Gasteiger partial charge in [-0.3, -0.25) is 9.59 Å². The van der Waals surface area contributed by atoms with Crippen LogP contribution in [0, 0.1) is 5.92 Å². The van der Waals surface area contributed by atoms with Gasteiger partial charge in [0.15, 0.2) is 0 Å². The fourth-order valence-electron chi connectivity index (χ4n) is 3.36. The minimum absolute atomic E-state index is 0.0351. The standard InChI is InChI=1S/C17H23N3O2/c1-10-7-8-18-11(2)16(10)20-17(22)13-3-5-14-12(9-13)4-6-15(21)19-14/h3,5,9-11,16,18H,4,6-8H2,1-2H3,(H,19,21)(H,20,22). The Morgan fingerprint density at radius 2 is 2.09 bits per heavy atom. The lowest BCUT2D eigenvalue weighted by atomic mass is 9.89. The van der Waals surface area contributed by atoms with Gasteiger partial charge in [-0.1, -0.05) is 6.92 Å². The summed E-state index contributed by atoms with van der Waals surface area (Å²) in [6.07, 6.45) is 2.25. The first-order chi connectivity index (χ1) is 10.5. The van der Waals surface area contributed by atoms with E-state index in [9.17, 15) is 9.59 Å². The molecule has 1 saturated heterocycles. The Morgan fingerprint density at radius 3 is 2.86 bits per heavy atom. The normalized spacial score (nSPS) is 27.7. The zero-order valence-electron chi connectivity index (χ0n) is 13.1. The van der Waals surface area contributed by atoms with E-state index in [1.165, 1.54) is 0 Å². The number of rotatable bonds is 2. The van der Waals surface area contributed by atoms with Gasteiger partial charge < -0.3 is 16.0 Å². The third-order valence-corrected chi connectivity index (χ3v) is 4.78. The average Bonchev–Trinajstić information content (AvgIpc) is 2.50. The molecule has 3 N–H and O–H groups in total. The summed E-state index contributed by atoms with van der Waals surface area (Å²) in [5.41, 5.74) is 2.53. The van der Waals surface area contributed by atoms with Gasteiger partial charge in [0.1, 0.15) is 0 Å². The number of aryl methyl sites for hydroxylation is 1. The molecule has 5 nitrogen and oxygen atoms in total. The molecule has 1 aromatic rings. The van der Waals surface area contributed by atoms with Gasteiger partial charge in [0, 0.05) is 29.8 Å². The lowest BCUT2D eigenvalue weighted by molar-refractivity contribution is -0.116. The molecule has 0 bridgehead atoms. The van der Waals surface area contributed by atoms with E-state index in [-0.39, 0.29) is 23.9 Å². The third kappa shape index (κ3) is 2.99. The smallest absolute Gasteiger partial charge is 0.251 e. The second kappa shape index (κ2) is 6.08. The molecule has 2 heterocycles. The van der Waals surface area contributed by atoms with Crippen molar-refractivity contribution in [2.45, 2.75) is 45.2 Å². The highest BCUT2D eigenvalue weighted by atomic mass is 16.2. The number of anilines is 1. The lowest BCUT2D eigenvalue weighted by Gasteiger charge is -2.36.